The fourth-order valence-electron chi connectivity index (χ4n) is 2.88. The second kappa shape index (κ2) is 4.90. The molecule has 0 unspecified atom stereocenters. The predicted octanol–water partition coefficient (Wildman–Crippen LogP) is 2.16. The first-order valence-corrected chi connectivity index (χ1v) is 7.43. The Labute approximate surface area is 128 Å². The zero-order valence-electron chi connectivity index (χ0n) is 13.4. The Morgan fingerprint density at radius 1 is 1.32 bits per heavy atom. The SMILES string of the molecule is Cn1c(=O)[nH]c2ccc3c(c21)CN(C(=O)OC(C)(C)C)CC3. The van der Waals surface area contributed by atoms with E-state index in [1.165, 1.54) is 5.56 Å². The summed E-state index contributed by atoms with van der Waals surface area (Å²) in [5, 5.41) is 0. The van der Waals surface area contributed by atoms with Crippen LogP contribution in [-0.2, 0) is 24.8 Å². The monoisotopic (exact) mass is 303 g/mol. The Balaban J connectivity index is 1.98. The maximum atomic E-state index is 12.3. The summed E-state index contributed by atoms with van der Waals surface area (Å²) >= 11 is 0. The lowest BCUT2D eigenvalue weighted by atomic mass is 9.98. The molecule has 1 aliphatic heterocycles. The molecule has 6 heteroatoms. The van der Waals surface area contributed by atoms with Crippen LogP contribution in [0.4, 0.5) is 4.79 Å². The summed E-state index contributed by atoms with van der Waals surface area (Å²) in [6.07, 6.45) is 0.458. The number of aryl methyl sites for hydroxylation is 1. The van der Waals surface area contributed by atoms with Gasteiger partial charge in [0.2, 0.25) is 0 Å². The van der Waals surface area contributed by atoms with E-state index < -0.39 is 5.60 Å². The Kier molecular flexibility index (Phi) is 3.27. The molecular weight excluding hydrogens is 282 g/mol. The van der Waals surface area contributed by atoms with Crippen molar-refractivity contribution in [2.45, 2.75) is 39.3 Å². The molecule has 0 saturated heterocycles. The van der Waals surface area contributed by atoms with E-state index in [-0.39, 0.29) is 11.8 Å². The molecule has 2 heterocycles. The molecule has 1 N–H and O–H groups in total. The minimum Gasteiger partial charge on any atom is -0.444 e. The van der Waals surface area contributed by atoms with Crippen LogP contribution in [0.15, 0.2) is 16.9 Å². The standard InChI is InChI=1S/C16H21N3O3/c1-16(2,3)22-15(21)19-8-7-10-5-6-12-13(11(10)9-19)18(4)14(20)17-12/h5-6H,7-9H2,1-4H3,(H,17,20). The van der Waals surface area contributed by atoms with E-state index >= 15 is 0 Å². The van der Waals surface area contributed by atoms with E-state index in [1.807, 2.05) is 32.9 Å². The lowest BCUT2D eigenvalue weighted by molar-refractivity contribution is 0.0225. The number of carbonyl (C=O) groups is 1. The molecular formula is C16H21N3O3. The molecule has 0 aliphatic carbocycles. The molecule has 6 nitrogen and oxygen atoms in total. The average Bonchev–Trinajstić information content (AvgIpc) is 2.72. The van der Waals surface area contributed by atoms with Crippen LogP contribution in [-0.4, -0.2) is 32.7 Å². The fraction of sp³-hybridized carbons (Fsp3) is 0.500. The first kappa shape index (κ1) is 14.7. The highest BCUT2D eigenvalue weighted by Gasteiger charge is 2.27. The number of aromatic nitrogens is 2. The van der Waals surface area contributed by atoms with Crippen molar-refractivity contribution >= 4 is 17.1 Å². The summed E-state index contributed by atoms with van der Waals surface area (Å²) in [6, 6.07) is 3.96. The third-order valence-electron chi connectivity index (χ3n) is 3.91. The van der Waals surface area contributed by atoms with E-state index in [4.69, 9.17) is 4.74 Å². The van der Waals surface area contributed by atoms with Crippen molar-refractivity contribution in [1.29, 1.82) is 0 Å². The average molecular weight is 303 g/mol. The third kappa shape index (κ3) is 2.49. The van der Waals surface area contributed by atoms with Gasteiger partial charge in [0.1, 0.15) is 5.60 Å². The number of amides is 1. The molecule has 0 radical (unpaired) electrons. The summed E-state index contributed by atoms with van der Waals surface area (Å²) < 4.78 is 7.05. The highest BCUT2D eigenvalue weighted by atomic mass is 16.6. The van der Waals surface area contributed by atoms with Crippen LogP contribution >= 0.6 is 0 Å². The van der Waals surface area contributed by atoms with Crippen molar-refractivity contribution in [1.82, 2.24) is 14.5 Å². The number of nitrogens with one attached hydrogen (secondary N) is 1. The first-order valence-electron chi connectivity index (χ1n) is 7.43. The molecule has 0 spiro atoms. The number of H-pyrrole nitrogens is 1. The fourth-order valence-corrected chi connectivity index (χ4v) is 2.88. The second-order valence-corrected chi connectivity index (χ2v) is 6.74. The molecule has 0 fully saturated rings. The molecule has 3 rings (SSSR count). The van der Waals surface area contributed by atoms with Crippen LogP contribution in [0, 0.1) is 0 Å². The maximum Gasteiger partial charge on any atom is 0.410 e. The number of aromatic amines is 1. The van der Waals surface area contributed by atoms with Crippen LogP contribution in [0.2, 0.25) is 0 Å². The number of fused-ring (bicyclic) bond motifs is 3. The molecule has 1 amide bonds. The van der Waals surface area contributed by atoms with Crippen molar-refractivity contribution < 1.29 is 9.53 Å². The zero-order chi connectivity index (χ0) is 16.1. The van der Waals surface area contributed by atoms with Gasteiger partial charge in [0.15, 0.2) is 0 Å². The van der Waals surface area contributed by atoms with Gasteiger partial charge in [0.25, 0.3) is 0 Å². The molecule has 1 aliphatic rings. The molecule has 22 heavy (non-hydrogen) atoms. The normalized spacial score (nSPS) is 15.0. The molecule has 0 atom stereocenters. The van der Waals surface area contributed by atoms with Gasteiger partial charge in [-0.15, -0.1) is 0 Å². The van der Waals surface area contributed by atoms with Gasteiger partial charge in [-0.1, -0.05) is 6.07 Å². The summed E-state index contributed by atoms with van der Waals surface area (Å²) in [7, 11) is 1.74. The maximum absolute atomic E-state index is 12.3. The van der Waals surface area contributed by atoms with Crippen LogP contribution in [0.1, 0.15) is 31.9 Å². The summed E-state index contributed by atoms with van der Waals surface area (Å²) in [6.45, 7) is 6.67. The van der Waals surface area contributed by atoms with Gasteiger partial charge in [-0.25, -0.2) is 9.59 Å². The van der Waals surface area contributed by atoms with E-state index in [2.05, 4.69) is 4.98 Å². The van der Waals surface area contributed by atoms with Gasteiger partial charge in [-0.05, 0) is 38.8 Å². The molecule has 0 bridgehead atoms. The number of hydrogen-bond acceptors (Lipinski definition) is 3. The summed E-state index contributed by atoms with van der Waals surface area (Å²) in [5.74, 6) is 0. The van der Waals surface area contributed by atoms with Gasteiger partial charge in [0.05, 0.1) is 17.6 Å². The number of benzene rings is 1. The molecule has 118 valence electrons. The Hall–Kier alpha value is -2.24. The van der Waals surface area contributed by atoms with Gasteiger partial charge >= 0.3 is 11.8 Å². The topological polar surface area (TPSA) is 67.3 Å². The minimum atomic E-state index is -0.510. The lowest BCUT2D eigenvalue weighted by Crippen LogP contribution is -2.40. The quantitative estimate of drug-likeness (QED) is 0.811. The number of hydrogen-bond donors (Lipinski definition) is 1. The molecule has 1 aromatic heterocycles. The van der Waals surface area contributed by atoms with E-state index in [0.717, 1.165) is 23.0 Å². The van der Waals surface area contributed by atoms with Gasteiger partial charge in [-0.2, -0.15) is 0 Å². The number of nitrogens with zero attached hydrogens (tertiary/aromatic N) is 2. The summed E-state index contributed by atoms with van der Waals surface area (Å²) in [4.78, 5) is 28.6. The van der Waals surface area contributed by atoms with E-state index in [9.17, 15) is 9.59 Å². The van der Waals surface area contributed by atoms with Crippen molar-refractivity contribution in [2.24, 2.45) is 7.05 Å². The molecule has 0 saturated carbocycles. The number of imidazole rings is 1. The van der Waals surface area contributed by atoms with E-state index in [0.29, 0.717) is 13.1 Å². The van der Waals surface area contributed by atoms with Crippen molar-refractivity contribution in [2.75, 3.05) is 6.54 Å². The van der Waals surface area contributed by atoms with Crippen LogP contribution in [0.3, 0.4) is 0 Å². The Morgan fingerprint density at radius 3 is 2.73 bits per heavy atom. The lowest BCUT2D eigenvalue weighted by Gasteiger charge is -2.31. The van der Waals surface area contributed by atoms with Gasteiger partial charge in [-0.3, -0.25) is 4.57 Å². The zero-order valence-corrected chi connectivity index (χ0v) is 13.4. The van der Waals surface area contributed by atoms with Crippen LogP contribution in [0.25, 0.3) is 11.0 Å². The largest absolute Gasteiger partial charge is 0.444 e. The first-order chi connectivity index (χ1) is 10.3. The minimum absolute atomic E-state index is 0.141. The second-order valence-electron chi connectivity index (χ2n) is 6.74. The molecule has 1 aromatic carbocycles. The Morgan fingerprint density at radius 2 is 2.05 bits per heavy atom. The number of ether oxygens (including phenoxy) is 1. The highest BCUT2D eigenvalue weighted by Crippen LogP contribution is 2.27. The van der Waals surface area contributed by atoms with Crippen molar-refractivity contribution in [3.8, 4) is 0 Å². The number of rotatable bonds is 0. The predicted molar refractivity (Wildman–Crippen MR) is 83.9 cm³/mol. The van der Waals surface area contributed by atoms with Crippen LogP contribution < -0.4 is 5.69 Å². The smallest absolute Gasteiger partial charge is 0.410 e. The van der Waals surface area contributed by atoms with Gasteiger partial charge in [0, 0.05) is 19.2 Å². The van der Waals surface area contributed by atoms with Gasteiger partial charge < -0.3 is 14.6 Å². The third-order valence-corrected chi connectivity index (χ3v) is 3.91. The van der Waals surface area contributed by atoms with Crippen molar-refractivity contribution in [3.05, 3.63) is 33.7 Å². The van der Waals surface area contributed by atoms with Crippen LogP contribution in [0.5, 0.6) is 0 Å². The Bertz CT molecular complexity index is 795. The highest BCUT2D eigenvalue weighted by molar-refractivity contribution is 5.81. The summed E-state index contributed by atoms with van der Waals surface area (Å²) in [5.41, 5.74) is 3.23. The molecule has 2 aromatic rings. The van der Waals surface area contributed by atoms with Crippen molar-refractivity contribution in [3.63, 3.8) is 0 Å². The number of carbonyl (C=O) groups excluding carboxylic acids is 1. The van der Waals surface area contributed by atoms with E-state index in [1.54, 1.807) is 16.5 Å².